The molecule has 1 aliphatic carbocycles. The Balaban J connectivity index is 1.87. The zero-order valence-electron chi connectivity index (χ0n) is 9.64. The molecule has 4 heteroatoms. The second kappa shape index (κ2) is 4.22. The number of guanidine groups is 1. The number of halogens is 1. The van der Waals surface area contributed by atoms with Crippen molar-refractivity contribution in [3.63, 3.8) is 0 Å². The minimum atomic E-state index is 0.449. The van der Waals surface area contributed by atoms with E-state index in [1.807, 2.05) is 24.3 Å². The van der Waals surface area contributed by atoms with Gasteiger partial charge in [0.25, 0.3) is 0 Å². The minimum Gasteiger partial charge on any atom is -0.370 e. The second-order valence-corrected chi connectivity index (χ2v) is 5.24. The number of nitrogens with zero attached hydrogens (tertiary/aromatic N) is 2. The van der Waals surface area contributed by atoms with Crippen LogP contribution < -0.4 is 10.6 Å². The Morgan fingerprint density at radius 3 is 2.53 bits per heavy atom. The molecule has 0 radical (unpaired) electrons. The molecular formula is C13H16ClN3. The van der Waals surface area contributed by atoms with Crippen LogP contribution in [0.2, 0.25) is 5.02 Å². The molecule has 17 heavy (non-hydrogen) atoms. The van der Waals surface area contributed by atoms with E-state index in [0.29, 0.717) is 12.0 Å². The molecule has 90 valence electrons. The molecule has 0 aromatic heterocycles. The summed E-state index contributed by atoms with van der Waals surface area (Å²) < 4.78 is 0. The van der Waals surface area contributed by atoms with Crippen molar-refractivity contribution in [3.8, 4) is 0 Å². The van der Waals surface area contributed by atoms with Crippen LogP contribution in [-0.2, 0) is 0 Å². The van der Waals surface area contributed by atoms with Crippen LogP contribution in [0.5, 0.6) is 0 Å². The van der Waals surface area contributed by atoms with Crippen molar-refractivity contribution in [3.05, 3.63) is 29.3 Å². The minimum absolute atomic E-state index is 0.449. The van der Waals surface area contributed by atoms with Crippen LogP contribution in [-0.4, -0.2) is 18.5 Å². The molecule has 0 saturated heterocycles. The number of anilines is 1. The normalized spacial score (nSPS) is 24.6. The molecular weight excluding hydrogens is 234 g/mol. The summed E-state index contributed by atoms with van der Waals surface area (Å²) >= 11 is 5.91. The number of hydrogen-bond donors (Lipinski definition) is 1. The molecule has 1 aliphatic heterocycles. The van der Waals surface area contributed by atoms with E-state index in [9.17, 15) is 0 Å². The van der Waals surface area contributed by atoms with E-state index in [-0.39, 0.29) is 0 Å². The summed E-state index contributed by atoms with van der Waals surface area (Å²) in [6, 6.07) is 8.29. The topological polar surface area (TPSA) is 41.6 Å². The smallest absolute Gasteiger partial charge is 0.196 e. The molecule has 3 rings (SSSR count). The summed E-state index contributed by atoms with van der Waals surface area (Å²) in [6.07, 6.45) is 3.95. The van der Waals surface area contributed by atoms with Crippen molar-refractivity contribution in [1.82, 2.24) is 0 Å². The van der Waals surface area contributed by atoms with Crippen molar-refractivity contribution >= 4 is 23.2 Å². The van der Waals surface area contributed by atoms with Gasteiger partial charge in [0, 0.05) is 10.7 Å². The van der Waals surface area contributed by atoms with Crippen LogP contribution in [0, 0.1) is 5.92 Å². The highest BCUT2D eigenvalue weighted by Crippen LogP contribution is 2.36. The van der Waals surface area contributed by atoms with E-state index in [1.165, 1.54) is 19.3 Å². The predicted octanol–water partition coefficient (Wildman–Crippen LogP) is 2.64. The monoisotopic (exact) mass is 249 g/mol. The highest BCUT2D eigenvalue weighted by atomic mass is 35.5. The number of aliphatic imine (C=N–C) groups is 1. The molecule has 1 fully saturated rings. The van der Waals surface area contributed by atoms with Crippen molar-refractivity contribution in [1.29, 1.82) is 0 Å². The third-order valence-corrected chi connectivity index (χ3v) is 4.07. The first-order chi connectivity index (χ1) is 8.25. The molecule has 0 spiro atoms. The van der Waals surface area contributed by atoms with Gasteiger partial charge < -0.3 is 10.6 Å². The van der Waals surface area contributed by atoms with Gasteiger partial charge in [-0.25, -0.2) is 0 Å². The Morgan fingerprint density at radius 2 is 1.94 bits per heavy atom. The molecule has 1 saturated carbocycles. The van der Waals surface area contributed by atoms with Crippen molar-refractivity contribution in [2.45, 2.75) is 25.3 Å². The third-order valence-electron chi connectivity index (χ3n) is 3.82. The summed E-state index contributed by atoms with van der Waals surface area (Å²) in [5.74, 6) is 1.39. The average molecular weight is 250 g/mol. The second-order valence-electron chi connectivity index (χ2n) is 4.80. The first-order valence-corrected chi connectivity index (χ1v) is 6.48. The molecule has 0 bridgehead atoms. The van der Waals surface area contributed by atoms with Gasteiger partial charge in [-0.1, -0.05) is 18.0 Å². The molecule has 0 amide bonds. The lowest BCUT2D eigenvalue weighted by atomic mass is 9.79. The maximum Gasteiger partial charge on any atom is 0.196 e. The quantitative estimate of drug-likeness (QED) is 0.876. The molecule has 1 unspecified atom stereocenters. The van der Waals surface area contributed by atoms with Crippen molar-refractivity contribution in [2.24, 2.45) is 16.6 Å². The summed E-state index contributed by atoms with van der Waals surface area (Å²) in [4.78, 5) is 6.55. The fraction of sp³-hybridized carbons (Fsp3) is 0.462. The van der Waals surface area contributed by atoms with Crippen LogP contribution in [0.4, 0.5) is 5.69 Å². The fourth-order valence-corrected chi connectivity index (χ4v) is 2.75. The Bertz CT molecular complexity index is 436. The van der Waals surface area contributed by atoms with Crippen molar-refractivity contribution in [2.75, 3.05) is 11.4 Å². The highest BCUT2D eigenvalue weighted by molar-refractivity contribution is 6.30. The Kier molecular flexibility index (Phi) is 2.71. The summed E-state index contributed by atoms with van der Waals surface area (Å²) in [5.41, 5.74) is 7.10. The Hall–Kier alpha value is -1.22. The molecule has 3 nitrogen and oxygen atoms in total. The standard InChI is InChI=1S/C13H16ClN3/c14-10-4-6-11(7-5-10)17-12(8-16-13(17)15)9-2-1-3-9/h4-7,9,12H,1-3,8H2,(H2,15,16). The molecule has 1 atom stereocenters. The van der Waals surface area contributed by atoms with Gasteiger partial charge in [0.15, 0.2) is 5.96 Å². The molecule has 1 aromatic rings. The van der Waals surface area contributed by atoms with E-state index in [0.717, 1.165) is 23.2 Å². The Labute approximate surface area is 106 Å². The largest absolute Gasteiger partial charge is 0.370 e. The van der Waals surface area contributed by atoms with Crippen LogP contribution in [0.1, 0.15) is 19.3 Å². The first kappa shape index (κ1) is 10.9. The number of rotatable bonds is 2. The van der Waals surface area contributed by atoms with Gasteiger partial charge in [-0.3, -0.25) is 4.99 Å². The SMILES string of the molecule is NC1=NCC(C2CCC2)N1c1ccc(Cl)cc1. The molecule has 1 heterocycles. The fourth-order valence-electron chi connectivity index (χ4n) is 2.62. The first-order valence-electron chi connectivity index (χ1n) is 6.10. The van der Waals surface area contributed by atoms with Gasteiger partial charge in [-0.2, -0.15) is 0 Å². The van der Waals surface area contributed by atoms with Gasteiger partial charge in [0.1, 0.15) is 0 Å². The molecule has 2 N–H and O–H groups in total. The summed E-state index contributed by atoms with van der Waals surface area (Å²) in [5, 5.41) is 0.753. The maximum absolute atomic E-state index is 6.00. The van der Waals surface area contributed by atoms with Crippen LogP contribution in [0.15, 0.2) is 29.3 Å². The maximum atomic E-state index is 6.00. The number of benzene rings is 1. The van der Waals surface area contributed by atoms with Gasteiger partial charge in [0.05, 0.1) is 12.6 Å². The van der Waals surface area contributed by atoms with E-state index in [4.69, 9.17) is 17.3 Å². The van der Waals surface area contributed by atoms with E-state index < -0.39 is 0 Å². The predicted molar refractivity (Wildman–Crippen MR) is 71.5 cm³/mol. The lowest BCUT2D eigenvalue weighted by Crippen LogP contribution is -2.46. The zero-order valence-corrected chi connectivity index (χ0v) is 10.4. The molecule has 1 aromatic carbocycles. The average Bonchev–Trinajstić information content (AvgIpc) is 2.60. The van der Waals surface area contributed by atoms with Crippen molar-refractivity contribution < 1.29 is 0 Å². The molecule has 2 aliphatic rings. The van der Waals surface area contributed by atoms with Gasteiger partial charge in [-0.15, -0.1) is 0 Å². The Morgan fingerprint density at radius 1 is 1.24 bits per heavy atom. The lowest BCUT2D eigenvalue weighted by Gasteiger charge is -2.37. The van der Waals surface area contributed by atoms with Gasteiger partial charge in [-0.05, 0) is 43.0 Å². The zero-order chi connectivity index (χ0) is 11.8. The number of hydrogen-bond acceptors (Lipinski definition) is 3. The van der Waals surface area contributed by atoms with E-state index in [1.54, 1.807) is 0 Å². The van der Waals surface area contributed by atoms with Crippen LogP contribution in [0.25, 0.3) is 0 Å². The van der Waals surface area contributed by atoms with Gasteiger partial charge in [0.2, 0.25) is 0 Å². The van der Waals surface area contributed by atoms with Gasteiger partial charge >= 0.3 is 0 Å². The summed E-state index contributed by atoms with van der Waals surface area (Å²) in [6.45, 7) is 0.832. The lowest BCUT2D eigenvalue weighted by molar-refractivity contribution is 0.271. The van der Waals surface area contributed by atoms with Crippen LogP contribution >= 0.6 is 11.6 Å². The highest BCUT2D eigenvalue weighted by Gasteiger charge is 2.36. The number of nitrogens with two attached hydrogens (primary N) is 1. The van der Waals surface area contributed by atoms with Crippen LogP contribution in [0.3, 0.4) is 0 Å². The van der Waals surface area contributed by atoms with E-state index >= 15 is 0 Å². The third kappa shape index (κ3) is 1.89. The van der Waals surface area contributed by atoms with E-state index in [2.05, 4.69) is 9.89 Å². The summed E-state index contributed by atoms with van der Waals surface area (Å²) in [7, 11) is 0.